The molecule has 3 rings (SSSR count). The summed E-state index contributed by atoms with van der Waals surface area (Å²) >= 11 is 13.1. The van der Waals surface area contributed by atoms with E-state index in [1.165, 1.54) is 5.56 Å². The van der Waals surface area contributed by atoms with Crippen LogP contribution in [0.25, 0.3) is 0 Å². The van der Waals surface area contributed by atoms with Crippen LogP contribution in [0.3, 0.4) is 0 Å². The number of nitrogens with one attached hydrogen (secondary N) is 1. The summed E-state index contributed by atoms with van der Waals surface area (Å²) in [6.45, 7) is 3.24. The van der Waals surface area contributed by atoms with Crippen molar-refractivity contribution in [2.24, 2.45) is 0 Å². The van der Waals surface area contributed by atoms with Gasteiger partial charge in [-0.1, -0.05) is 57.9 Å². The van der Waals surface area contributed by atoms with Gasteiger partial charge in [0.15, 0.2) is 0 Å². The first-order valence-corrected chi connectivity index (χ1v) is 10.1. The minimum atomic E-state index is 0.481. The standard InChI is InChI=1S/C21H18Br2ClNO/c1-14-4-2-3-5-20(14)25-12-16-10-17(22)11-19(23)21(16)26-13-15-6-8-18(24)9-7-15/h2-11,25H,12-13H2,1H3. The molecule has 0 saturated carbocycles. The van der Waals surface area contributed by atoms with Crippen molar-refractivity contribution in [3.63, 3.8) is 0 Å². The molecule has 0 fully saturated rings. The number of anilines is 1. The average Bonchev–Trinajstić information content (AvgIpc) is 2.61. The molecule has 0 aromatic heterocycles. The summed E-state index contributed by atoms with van der Waals surface area (Å²) in [7, 11) is 0. The molecule has 0 saturated heterocycles. The average molecular weight is 496 g/mol. The van der Waals surface area contributed by atoms with Gasteiger partial charge in [-0.05, 0) is 64.3 Å². The van der Waals surface area contributed by atoms with Crippen molar-refractivity contribution in [1.82, 2.24) is 0 Å². The fraction of sp³-hybridized carbons (Fsp3) is 0.143. The van der Waals surface area contributed by atoms with E-state index in [9.17, 15) is 0 Å². The van der Waals surface area contributed by atoms with E-state index < -0.39 is 0 Å². The highest BCUT2D eigenvalue weighted by Gasteiger charge is 2.11. The predicted octanol–water partition coefficient (Wildman–Crippen LogP) is 7.36. The van der Waals surface area contributed by atoms with Gasteiger partial charge in [-0.15, -0.1) is 0 Å². The Morgan fingerprint density at radius 1 is 1.00 bits per heavy atom. The highest BCUT2D eigenvalue weighted by atomic mass is 79.9. The lowest BCUT2D eigenvalue weighted by molar-refractivity contribution is 0.301. The molecule has 0 aliphatic rings. The molecule has 5 heteroatoms. The van der Waals surface area contributed by atoms with Crippen LogP contribution in [0.5, 0.6) is 5.75 Å². The third kappa shape index (κ3) is 5.03. The van der Waals surface area contributed by atoms with Gasteiger partial charge in [0.25, 0.3) is 0 Å². The normalized spacial score (nSPS) is 10.6. The Bertz CT molecular complexity index is 897. The van der Waals surface area contributed by atoms with E-state index in [0.29, 0.717) is 13.2 Å². The SMILES string of the molecule is Cc1ccccc1NCc1cc(Br)cc(Br)c1OCc1ccc(Cl)cc1. The second-order valence-corrected chi connectivity index (χ2v) is 8.17. The van der Waals surface area contributed by atoms with Gasteiger partial charge >= 0.3 is 0 Å². The predicted molar refractivity (Wildman–Crippen MR) is 116 cm³/mol. The number of ether oxygens (including phenoxy) is 1. The molecule has 0 bridgehead atoms. The molecular formula is C21H18Br2ClNO. The van der Waals surface area contributed by atoms with Crippen LogP contribution in [0.2, 0.25) is 5.02 Å². The maximum absolute atomic E-state index is 6.12. The molecule has 0 aliphatic heterocycles. The van der Waals surface area contributed by atoms with E-state index in [-0.39, 0.29) is 0 Å². The molecule has 2 nitrogen and oxygen atoms in total. The van der Waals surface area contributed by atoms with E-state index in [1.807, 2.05) is 42.5 Å². The van der Waals surface area contributed by atoms with Gasteiger partial charge in [-0.2, -0.15) is 0 Å². The fourth-order valence-corrected chi connectivity index (χ4v) is 4.16. The number of aryl methyl sites for hydroxylation is 1. The van der Waals surface area contributed by atoms with Gasteiger partial charge in [0.05, 0.1) is 4.47 Å². The molecule has 0 aliphatic carbocycles. The fourth-order valence-electron chi connectivity index (χ4n) is 2.60. The van der Waals surface area contributed by atoms with Crippen molar-refractivity contribution in [1.29, 1.82) is 0 Å². The quantitative estimate of drug-likeness (QED) is 0.386. The monoisotopic (exact) mass is 493 g/mol. The topological polar surface area (TPSA) is 21.3 Å². The van der Waals surface area contributed by atoms with Crippen LogP contribution in [0.15, 0.2) is 69.6 Å². The van der Waals surface area contributed by atoms with Gasteiger partial charge in [0.1, 0.15) is 12.4 Å². The molecule has 0 spiro atoms. The zero-order valence-corrected chi connectivity index (χ0v) is 18.2. The van der Waals surface area contributed by atoms with Gasteiger partial charge in [0, 0.05) is 27.3 Å². The zero-order valence-electron chi connectivity index (χ0n) is 14.2. The van der Waals surface area contributed by atoms with Crippen molar-refractivity contribution >= 4 is 49.1 Å². The summed E-state index contributed by atoms with van der Waals surface area (Å²) in [5.41, 5.74) is 4.47. The largest absolute Gasteiger partial charge is 0.487 e. The Labute approximate surface area is 175 Å². The maximum Gasteiger partial charge on any atom is 0.139 e. The Balaban J connectivity index is 1.78. The van der Waals surface area contributed by atoms with Crippen LogP contribution >= 0.6 is 43.5 Å². The van der Waals surface area contributed by atoms with Crippen LogP contribution in [-0.2, 0) is 13.2 Å². The molecule has 26 heavy (non-hydrogen) atoms. The number of benzene rings is 3. The molecule has 0 radical (unpaired) electrons. The van der Waals surface area contributed by atoms with Gasteiger partial charge in [-0.25, -0.2) is 0 Å². The van der Waals surface area contributed by atoms with E-state index in [2.05, 4.69) is 62.3 Å². The molecular weight excluding hydrogens is 477 g/mol. The molecule has 0 unspecified atom stereocenters. The number of rotatable bonds is 6. The van der Waals surface area contributed by atoms with Gasteiger partial charge in [-0.3, -0.25) is 0 Å². The van der Waals surface area contributed by atoms with Gasteiger partial charge < -0.3 is 10.1 Å². The van der Waals surface area contributed by atoms with Crippen molar-refractivity contribution in [2.75, 3.05) is 5.32 Å². The lowest BCUT2D eigenvalue weighted by atomic mass is 10.1. The third-order valence-corrected chi connectivity index (χ3v) is 5.29. The minimum absolute atomic E-state index is 0.481. The van der Waals surface area contributed by atoms with E-state index in [1.54, 1.807) is 0 Å². The van der Waals surface area contributed by atoms with Crippen molar-refractivity contribution in [2.45, 2.75) is 20.1 Å². The lowest BCUT2D eigenvalue weighted by Gasteiger charge is -2.16. The lowest BCUT2D eigenvalue weighted by Crippen LogP contribution is -2.05. The molecule has 134 valence electrons. The molecule has 0 amide bonds. The summed E-state index contributed by atoms with van der Waals surface area (Å²) in [6, 6.07) is 20.0. The summed E-state index contributed by atoms with van der Waals surface area (Å²) in [6.07, 6.45) is 0. The van der Waals surface area contributed by atoms with Gasteiger partial charge in [0.2, 0.25) is 0 Å². The minimum Gasteiger partial charge on any atom is -0.487 e. The summed E-state index contributed by atoms with van der Waals surface area (Å²) in [5.74, 6) is 0.837. The van der Waals surface area contributed by atoms with Crippen LogP contribution in [0, 0.1) is 6.92 Å². The summed E-state index contributed by atoms with van der Waals surface area (Å²) < 4.78 is 8.04. The first-order chi connectivity index (χ1) is 12.5. The molecule has 0 heterocycles. The van der Waals surface area contributed by atoms with Crippen LogP contribution in [-0.4, -0.2) is 0 Å². The number of hydrogen-bond donors (Lipinski definition) is 1. The summed E-state index contributed by atoms with van der Waals surface area (Å²) in [5, 5.41) is 4.21. The third-order valence-electron chi connectivity index (χ3n) is 4.00. The number of para-hydroxylation sites is 1. The van der Waals surface area contributed by atoms with Crippen LogP contribution in [0.1, 0.15) is 16.7 Å². The van der Waals surface area contributed by atoms with E-state index in [0.717, 1.165) is 36.5 Å². The van der Waals surface area contributed by atoms with Crippen molar-refractivity contribution in [3.8, 4) is 5.75 Å². The second-order valence-electron chi connectivity index (χ2n) is 5.96. The highest BCUT2D eigenvalue weighted by molar-refractivity contribution is 9.11. The Morgan fingerprint density at radius 2 is 1.73 bits per heavy atom. The summed E-state index contributed by atoms with van der Waals surface area (Å²) in [4.78, 5) is 0. The number of hydrogen-bond acceptors (Lipinski definition) is 2. The molecule has 3 aromatic carbocycles. The Hall–Kier alpha value is -1.49. The zero-order chi connectivity index (χ0) is 18.5. The maximum atomic E-state index is 6.12. The van der Waals surface area contributed by atoms with Crippen LogP contribution in [0.4, 0.5) is 5.69 Å². The molecule has 0 atom stereocenters. The van der Waals surface area contributed by atoms with Crippen molar-refractivity contribution in [3.05, 3.63) is 91.3 Å². The number of halogens is 3. The highest BCUT2D eigenvalue weighted by Crippen LogP contribution is 2.34. The van der Waals surface area contributed by atoms with E-state index >= 15 is 0 Å². The van der Waals surface area contributed by atoms with Crippen LogP contribution < -0.4 is 10.1 Å². The molecule has 3 aromatic rings. The smallest absolute Gasteiger partial charge is 0.139 e. The first kappa shape index (κ1) is 19.3. The Kier molecular flexibility index (Phi) is 6.63. The second kappa shape index (κ2) is 8.94. The molecule has 1 N–H and O–H groups in total. The van der Waals surface area contributed by atoms with E-state index in [4.69, 9.17) is 16.3 Å². The first-order valence-electron chi connectivity index (χ1n) is 8.17. The Morgan fingerprint density at radius 3 is 2.46 bits per heavy atom. The van der Waals surface area contributed by atoms with Crippen molar-refractivity contribution < 1.29 is 4.74 Å².